The highest BCUT2D eigenvalue weighted by Gasteiger charge is 2.24. The third-order valence-electron chi connectivity index (χ3n) is 4.24. The maximum Gasteiger partial charge on any atom is 0.338 e. The SMILES string of the molecule is NC(=O)[C@@H]1CCCN(c2ccc(C(=O)OCc3ccoc3)cc2)C1. The molecule has 126 valence electrons. The van der Waals surface area contributed by atoms with Gasteiger partial charge in [-0.15, -0.1) is 0 Å². The number of hydrogen-bond acceptors (Lipinski definition) is 5. The fourth-order valence-electron chi connectivity index (χ4n) is 2.86. The van der Waals surface area contributed by atoms with E-state index in [-0.39, 0.29) is 24.4 Å². The fraction of sp³-hybridized carbons (Fsp3) is 0.333. The van der Waals surface area contributed by atoms with Gasteiger partial charge in [0.15, 0.2) is 0 Å². The van der Waals surface area contributed by atoms with Gasteiger partial charge in [-0.3, -0.25) is 4.79 Å². The Balaban J connectivity index is 1.60. The maximum absolute atomic E-state index is 12.0. The second kappa shape index (κ2) is 7.21. The normalized spacial score (nSPS) is 17.5. The van der Waals surface area contributed by atoms with Crippen molar-refractivity contribution in [2.45, 2.75) is 19.4 Å². The molecular formula is C18H20N2O4. The molecule has 1 aromatic carbocycles. The zero-order chi connectivity index (χ0) is 16.9. The van der Waals surface area contributed by atoms with Gasteiger partial charge in [-0.25, -0.2) is 4.79 Å². The molecule has 1 amide bonds. The average Bonchev–Trinajstić information content (AvgIpc) is 3.13. The number of carbonyl (C=O) groups excluding carboxylic acids is 2. The molecule has 6 heteroatoms. The van der Waals surface area contributed by atoms with Crippen LogP contribution >= 0.6 is 0 Å². The molecule has 0 bridgehead atoms. The first-order chi connectivity index (χ1) is 11.6. The number of nitrogens with two attached hydrogens (primary N) is 1. The lowest BCUT2D eigenvalue weighted by molar-refractivity contribution is -0.122. The van der Waals surface area contributed by atoms with Crippen LogP contribution in [0, 0.1) is 5.92 Å². The molecule has 1 aliphatic heterocycles. The lowest BCUT2D eigenvalue weighted by Gasteiger charge is -2.33. The summed E-state index contributed by atoms with van der Waals surface area (Å²) in [5, 5.41) is 0. The first-order valence-corrected chi connectivity index (χ1v) is 7.96. The molecule has 2 heterocycles. The van der Waals surface area contributed by atoms with Crippen LogP contribution in [0.25, 0.3) is 0 Å². The van der Waals surface area contributed by atoms with Crippen LogP contribution in [0.5, 0.6) is 0 Å². The van der Waals surface area contributed by atoms with Crippen molar-refractivity contribution in [3.8, 4) is 0 Å². The van der Waals surface area contributed by atoms with E-state index in [2.05, 4.69) is 4.90 Å². The molecule has 1 aliphatic rings. The Bertz CT molecular complexity index is 694. The first kappa shape index (κ1) is 16.1. The van der Waals surface area contributed by atoms with E-state index in [9.17, 15) is 9.59 Å². The van der Waals surface area contributed by atoms with Crippen molar-refractivity contribution in [1.29, 1.82) is 0 Å². The number of anilines is 1. The van der Waals surface area contributed by atoms with Crippen molar-refractivity contribution < 1.29 is 18.7 Å². The van der Waals surface area contributed by atoms with Crippen LogP contribution in [0.15, 0.2) is 47.3 Å². The third kappa shape index (κ3) is 3.76. The first-order valence-electron chi connectivity index (χ1n) is 7.96. The molecule has 0 unspecified atom stereocenters. The van der Waals surface area contributed by atoms with Crippen LogP contribution < -0.4 is 10.6 Å². The van der Waals surface area contributed by atoms with Crippen molar-refractivity contribution in [1.82, 2.24) is 0 Å². The number of primary amides is 1. The van der Waals surface area contributed by atoms with Crippen molar-refractivity contribution in [3.05, 3.63) is 54.0 Å². The van der Waals surface area contributed by atoms with E-state index >= 15 is 0 Å². The summed E-state index contributed by atoms with van der Waals surface area (Å²) in [5.74, 6) is -0.742. The number of esters is 1. The molecule has 2 aromatic rings. The van der Waals surface area contributed by atoms with E-state index in [1.807, 2.05) is 12.1 Å². The molecule has 1 fully saturated rings. The lowest BCUT2D eigenvalue weighted by atomic mass is 9.97. The Morgan fingerprint density at radius 2 is 2.04 bits per heavy atom. The van der Waals surface area contributed by atoms with E-state index in [4.69, 9.17) is 14.9 Å². The summed E-state index contributed by atoms with van der Waals surface area (Å²) in [5.41, 5.74) is 7.69. The Kier molecular flexibility index (Phi) is 4.84. The van der Waals surface area contributed by atoms with Gasteiger partial charge in [0.1, 0.15) is 6.61 Å². The largest absolute Gasteiger partial charge is 0.472 e. The minimum absolute atomic E-state index is 0.113. The second-order valence-electron chi connectivity index (χ2n) is 5.94. The molecule has 1 saturated heterocycles. The van der Waals surface area contributed by atoms with E-state index in [0.29, 0.717) is 12.1 Å². The Labute approximate surface area is 140 Å². The number of rotatable bonds is 5. The minimum atomic E-state index is -0.378. The van der Waals surface area contributed by atoms with Gasteiger partial charge >= 0.3 is 5.97 Å². The molecule has 1 aromatic heterocycles. The summed E-state index contributed by atoms with van der Waals surface area (Å²) in [6.45, 7) is 1.69. The van der Waals surface area contributed by atoms with Crippen LogP contribution in [0.4, 0.5) is 5.69 Å². The van der Waals surface area contributed by atoms with Crippen LogP contribution in [0.2, 0.25) is 0 Å². The summed E-state index contributed by atoms with van der Waals surface area (Å²) in [7, 11) is 0. The molecule has 3 rings (SSSR count). The highest BCUT2D eigenvalue weighted by atomic mass is 16.5. The summed E-state index contributed by atoms with van der Waals surface area (Å²) >= 11 is 0. The van der Waals surface area contributed by atoms with E-state index in [0.717, 1.165) is 30.6 Å². The number of ether oxygens (including phenoxy) is 1. The highest BCUT2D eigenvalue weighted by molar-refractivity contribution is 5.89. The zero-order valence-electron chi connectivity index (χ0n) is 13.3. The van der Waals surface area contributed by atoms with Crippen molar-refractivity contribution in [3.63, 3.8) is 0 Å². The van der Waals surface area contributed by atoms with E-state index in [1.54, 1.807) is 24.5 Å². The van der Waals surface area contributed by atoms with Gasteiger partial charge in [0.25, 0.3) is 0 Å². The standard InChI is InChI=1S/C18H20N2O4/c19-17(21)15-2-1-8-20(10-15)16-5-3-14(4-6-16)18(22)24-12-13-7-9-23-11-13/h3-7,9,11,15H,1-2,8,10,12H2,(H2,19,21)/t15-/m1/s1. The van der Waals surface area contributed by atoms with Gasteiger partial charge in [0.2, 0.25) is 5.91 Å². The number of hydrogen-bond donors (Lipinski definition) is 1. The number of benzene rings is 1. The smallest absolute Gasteiger partial charge is 0.338 e. The highest BCUT2D eigenvalue weighted by Crippen LogP contribution is 2.23. The summed E-state index contributed by atoms with van der Waals surface area (Å²) < 4.78 is 10.2. The number of nitrogens with zero attached hydrogens (tertiary/aromatic N) is 1. The second-order valence-corrected chi connectivity index (χ2v) is 5.94. The number of carbonyl (C=O) groups is 2. The van der Waals surface area contributed by atoms with Crippen molar-refractivity contribution >= 4 is 17.6 Å². The fourth-order valence-corrected chi connectivity index (χ4v) is 2.86. The van der Waals surface area contributed by atoms with E-state index in [1.165, 1.54) is 6.26 Å². The Morgan fingerprint density at radius 1 is 1.25 bits per heavy atom. The van der Waals surface area contributed by atoms with Gasteiger partial charge < -0.3 is 19.8 Å². The van der Waals surface area contributed by atoms with Crippen LogP contribution in [-0.2, 0) is 16.1 Å². The van der Waals surface area contributed by atoms with Crippen LogP contribution in [-0.4, -0.2) is 25.0 Å². The average molecular weight is 328 g/mol. The topological polar surface area (TPSA) is 85.8 Å². The van der Waals surface area contributed by atoms with Crippen molar-refractivity contribution in [2.75, 3.05) is 18.0 Å². The number of amides is 1. The molecule has 0 spiro atoms. The van der Waals surface area contributed by atoms with Crippen LogP contribution in [0.3, 0.4) is 0 Å². The quantitative estimate of drug-likeness (QED) is 0.852. The summed E-state index contributed by atoms with van der Waals surface area (Å²) in [6.07, 6.45) is 4.85. The number of piperidine rings is 1. The number of furan rings is 1. The Morgan fingerprint density at radius 3 is 2.71 bits per heavy atom. The molecule has 0 saturated carbocycles. The van der Waals surface area contributed by atoms with Gasteiger partial charge in [-0.05, 0) is 43.2 Å². The zero-order valence-corrected chi connectivity index (χ0v) is 13.3. The minimum Gasteiger partial charge on any atom is -0.472 e. The van der Waals surface area contributed by atoms with E-state index < -0.39 is 0 Å². The molecule has 1 atom stereocenters. The van der Waals surface area contributed by atoms with Crippen LogP contribution in [0.1, 0.15) is 28.8 Å². The Hall–Kier alpha value is -2.76. The van der Waals surface area contributed by atoms with Gasteiger partial charge in [-0.2, -0.15) is 0 Å². The third-order valence-corrected chi connectivity index (χ3v) is 4.24. The summed E-state index contributed by atoms with van der Waals surface area (Å²) in [6, 6.07) is 8.97. The van der Waals surface area contributed by atoms with Gasteiger partial charge in [-0.1, -0.05) is 0 Å². The predicted octanol–water partition coefficient (Wildman–Crippen LogP) is 2.34. The maximum atomic E-state index is 12.0. The molecule has 6 nitrogen and oxygen atoms in total. The summed E-state index contributed by atoms with van der Waals surface area (Å²) in [4.78, 5) is 25.5. The van der Waals surface area contributed by atoms with Crippen molar-refractivity contribution in [2.24, 2.45) is 11.7 Å². The lowest BCUT2D eigenvalue weighted by Crippen LogP contribution is -2.41. The van der Waals surface area contributed by atoms with Gasteiger partial charge in [0.05, 0.1) is 24.0 Å². The van der Waals surface area contributed by atoms with Gasteiger partial charge in [0, 0.05) is 24.3 Å². The molecule has 24 heavy (non-hydrogen) atoms. The molecular weight excluding hydrogens is 308 g/mol. The molecule has 0 radical (unpaired) electrons. The predicted molar refractivity (Wildman–Crippen MR) is 88.4 cm³/mol. The molecule has 0 aliphatic carbocycles. The monoisotopic (exact) mass is 328 g/mol. The molecule has 2 N–H and O–H groups in total.